The number of aromatic nitrogens is 1. The van der Waals surface area contributed by atoms with Gasteiger partial charge in [-0.3, -0.25) is 4.79 Å². The molecule has 2 aromatic heterocycles. The molecule has 0 amide bonds. The molecule has 0 bridgehead atoms. The Kier molecular flexibility index (Phi) is 5.54. The molecule has 28 heavy (non-hydrogen) atoms. The van der Waals surface area contributed by atoms with Gasteiger partial charge in [-0.15, -0.1) is 11.3 Å². The van der Waals surface area contributed by atoms with Crippen LogP contribution in [0.15, 0.2) is 62.2 Å². The number of carbonyl (C=O) groups is 1. The Morgan fingerprint density at radius 3 is 2.89 bits per heavy atom. The topological polar surface area (TPSA) is 69.4 Å². The van der Waals surface area contributed by atoms with Gasteiger partial charge in [0.05, 0.1) is 15.2 Å². The summed E-state index contributed by atoms with van der Waals surface area (Å²) >= 11 is 5.00. The van der Waals surface area contributed by atoms with Crippen molar-refractivity contribution < 1.29 is 13.9 Å². The maximum Gasteiger partial charge on any atom is 0.336 e. The molecule has 0 radical (unpaired) electrons. The van der Waals surface area contributed by atoms with Crippen molar-refractivity contribution in [2.24, 2.45) is 0 Å². The summed E-state index contributed by atoms with van der Waals surface area (Å²) in [6.45, 7) is 0.0453. The van der Waals surface area contributed by atoms with Crippen LogP contribution in [0.3, 0.4) is 0 Å². The van der Waals surface area contributed by atoms with Gasteiger partial charge in [-0.25, -0.2) is 9.78 Å². The number of hydrogen-bond acceptors (Lipinski definition) is 6. The number of carbonyl (C=O) groups excluding carboxylic acids is 1. The van der Waals surface area contributed by atoms with Gasteiger partial charge in [0.25, 0.3) is 0 Å². The number of fused-ring (bicyclic) bond motifs is 2. The minimum absolute atomic E-state index is 0.0453. The number of esters is 1. The Hall–Kier alpha value is -2.51. The molecule has 142 valence electrons. The molecule has 2 heterocycles. The van der Waals surface area contributed by atoms with E-state index in [1.807, 2.05) is 36.4 Å². The smallest absolute Gasteiger partial charge is 0.336 e. The fourth-order valence-electron chi connectivity index (χ4n) is 2.96. The zero-order chi connectivity index (χ0) is 19.5. The largest absolute Gasteiger partial charge is 0.461 e. The van der Waals surface area contributed by atoms with Gasteiger partial charge in [0.15, 0.2) is 0 Å². The van der Waals surface area contributed by atoms with Gasteiger partial charge < -0.3 is 9.15 Å². The summed E-state index contributed by atoms with van der Waals surface area (Å²) in [4.78, 5) is 28.4. The van der Waals surface area contributed by atoms with E-state index in [0.29, 0.717) is 24.0 Å². The van der Waals surface area contributed by atoms with E-state index < -0.39 is 5.63 Å². The lowest BCUT2D eigenvalue weighted by atomic mass is 10.1. The highest BCUT2D eigenvalue weighted by Crippen LogP contribution is 2.24. The first-order valence-corrected chi connectivity index (χ1v) is 10.4. The van der Waals surface area contributed by atoms with Crippen LogP contribution in [-0.2, 0) is 22.6 Å². The Morgan fingerprint density at radius 1 is 1.18 bits per heavy atom. The van der Waals surface area contributed by atoms with Crippen molar-refractivity contribution in [1.82, 2.24) is 4.98 Å². The van der Waals surface area contributed by atoms with Crippen molar-refractivity contribution in [2.45, 2.75) is 25.9 Å². The highest BCUT2D eigenvalue weighted by molar-refractivity contribution is 9.10. The van der Waals surface area contributed by atoms with E-state index in [2.05, 4.69) is 20.9 Å². The molecular formula is C21H16BrNO4S. The number of hydrogen-bond donors (Lipinski definition) is 0. The standard InChI is InChI=1S/C21H16BrNO4S/c22-14-8-9-15-13(10-21(25)27-17(15)11-14)12-26-20(24)7-3-6-19-23-16-4-1-2-5-18(16)28-19/h1-2,4-5,8-11H,3,6-7,12H2. The van der Waals surface area contributed by atoms with E-state index in [0.717, 1.165) is 31.5 Å². The van der Waals surface area contributed by atoms with E-state index in [1.165, 1.54) is 6.07 Å². The Labute approximate surface area is 173 Å². The first-order chi connectivity index (χ1) is 13.6. The quantitative estimate of drug-likeness (QED) is 0.292. The van der Waals surface area contributed by atoms with Crippen LogP contribution in [0.1, 0.15) is 23.4 Å². The normalized spacial score (nSPS) is 11.2. The number of ether oxygens (including phenoxy) is 1. The maximum atomic E-state index is 12.1. The lowest BCUT2D eigenvalue weighted by molar-refractivity contribution is -0.145. The molecule has 4 aromatic rings. The minimum atomic E-state index is -0.465. The first-order valence-electron chi connectivity index (χ1n) is 8.81. The van der Waals surface area contributed by atoms with Crippen LogP contribution >= 0.6 is 27.3 Å². The lowest BCUT2D eigenvalue weighted by Gasteiger charge is -2.07. The van der Waals surface area contributed by atoms with E-state index in [-0.39, 0.29) is 12.6 Å². The average molecular weight is 458 g/mol. The molecule has 2 aromatic carbocycles. The molecule has 0 aliphatic rings. The monoisotopic (exact) mass is 457 g/mol. The third-order valence-electron chi connectivity index (χ3n) is 4.29. The summed E-state index contributed by atoms with van der Waals surface area (Å²) < 4.78 is 12.5. The SMILES string of the molecule is O=C(CCCc1nc2ccccc2s1)OCc1cc(=O)oc2cc(Br)ccc12. The number of aryl methyl sites for hydroxylation is 1. The summed E-state index contributed by atoms with van der Waals surface area (Å²) in [6, 6.07) is 14.8. The fourth-order valence-corrected chi connectivity index (χ4v) is 4.31. The molecule has 7 heteroatoms. The number of thiazole rings is 1. The molecule has 0 N–H and O–H groups in total. The molecule has 0 aliphatic heterocycles. The summed E-state index contributed by atoms with van der Waals surface area (Å²) in [5.74, 6) is -0.292. The van der Waals surface area contributed by atoms with Gasteiger partial charge in [-0.2, -0.15) is 0 Å². The van der Waals surface area contributed by atoms with E-state index >= 15 is 0 Å². The molecule has 5 nitrogen and oxygen atoms in total. The Morgan fingerprint density at radius 2 is 2.04 bits per heavy atom. The molecule has 0 unspecified atom stereocenters. The molecule has 4 rings (SSSR count). The van der Waals surface area contributed by atoms with Gasteiger partial charge in [0.1, 0.15) is 12.2 Å². The number of benzene rings is 2. The highest BCUT2D eigenvalue weighted by atomic mass is 79.9. The molecule has 0 atom stereocenters. The fraction of sp³-hybridized carbons (Fsp3) is 0.190. The zero-order valence-corrected chi connectivity index (χ0v) is 17.2. The van der Waals surface area contributed by atoms with Gasteiger partial charge >= 0.3 is 11.6 Å². The summed E-state index contributed by atoms with van der Waals surface area (Å²) in [7, 11) is 0. The first kappa shape index (κ1) is 18.8. The summed E-state index contributed by atoms with van der Waals surface area (Å²) in [5, 5.41) is 1.77. The lowest BCUT2D eigenvalue weighted by Crippen LogP contribution is -2.07. The van der Waals surface area contributed by atoms with Crippen molar-refractivity contribution in [2.75, 3.05) is 0 Å². The van der Waals surface area contributed by atoms with Crippen LogP contribution in [0.25, 0.3) is 21.2 Å². The van der Waals surface area contributed by atoms with Crippen LogP contribution in [0.5, 0.6) is 0 Å². The van der Waals surface area contributed by atoms with E-state index in [1.54, 1.807) is 17.4 Å². The van der Waals surface area contributed by atoms with Crippen LogP contribution in [-0.4, -0.2) is 11.0 Å². The average Bonchev–Trinajstić information content (AvgIpc) is 3.08. The van der Waals surface area contributed by atoms with Crippen LogP contribution in [0.2, 0.25) is 0 Å². The number of para-hydroxylation sites is 1. The van der Waals surface area contributed by atoms with Crippen molar-refractivity contribution in [1.29, 1.82) is 0 Å². The van der Waals surface area contributed by atoms with Crippen molar-refractivity contribution >= 4 is 54.4 Å². The predicted octanol–water partition coefficient (Wildman–Crippen LogP) is 5.23. The molecule has 0 aliphatic carbocycles. The van der Waals surface area contributed by atoms with Gasteiger partial charge in [0, 0.05) is 27.9 Å². The van der Waals surface area contributed by atoms with Crippen molar-refractivity contribution in [3.63, 3.8) is 0 Å². The Bertz CT molecular complexity index is 1180. The summed E-state index contributed by atoms with van der Waals surface area (Å²) in [5.41, 5.74) is 1.63. The number of rotatable bonds is 6. The molecule has 0 saturated carbocycles. The second kappa shape index (κ2) is 8.24. The zero-order valence-electron chi connectivity index (χ0n) is 14.8. The number of halogens is 1. The number of nitrogens with zero attached hydrogens (tertiary/aromatic N) is 1. The minimum Gasteiger partial charge on any atom is -0.461 e. The molecule has 0 saturated heterocycles. The molecular weight excluding hydrogens is 442 g/mol. The second-order valence-electron chi connectivity index (χ2n) is 6.32. The molecule has 0 spiro atoms. The van der Waals surface area contributed by atoms with Crippen LogP contribution < -0.4 is 5.63 Å². The third kappa shape index (κ3) is 4.31. The van der Waals surface area contributed by atoms with E-state index in [9.17, 15) is 9.59 Å². The van der Waals surface area contributed by atoms with E-state index in [4.69, 9.17) is 9.15 Å². The molecule has 0 fully saturated rings. The third-order valence-corrected chi connectivity index (χ3v) is 5.88. The predicted molar refractivity (Wildman–Crippen MR) is 113 cm³/mol. The maximum absolute atomic E-state index is 12.1. The second-order valence-corrected chi connectivity index (χ2v) is 8.35. The van der Waals surface area contributed by atoms with Crippen LogP contribution in [0.4, 0.5) is 0 Å². The van der Waals surface area contributed by atoms with Gasteiger partial charge in [-0.1, -0.05) is 28.1 Å². The van der Waals surface area contributed by atoms with Crippen molar-refractivity contribution in [3.05, 3.63) is 74.0 Å². The Balaban J connectivity index is 1.34. The highest BCUT2D eigenvalue weighted by Gasteiger charge is 2.10. The van der Waals surface area contributed by atoms with Crippen LogP contribution in [0, 0.1) is 0 Å². The summed E-state index contributed by atoms with van der Waals surface area (Å²) in [6.07, 6.45) is 1.71. The van der Waals surface area contributed by atoms with Crippen molar-refractivity contribution in [3.8, 4) is 0 Å². The van der Waals surface area contributed by atoms with Gasteiger partial charge in [0.2, 0.25) is 0 Å². The van der Waals surface area contributed by atoms with Gasteiger partial charge in [-0.05, 0) is 43.2 Å².